The van der Waals surface area contributed by atoms with Gasteiger partial charge in [0.2, 0.25) is 10.0 Å². The third-order valence-electron chi connectivity index (χ3n) is 4.63. The molecule has 24 heavy (non-hydrogen) atoms. The minimum absolute atomic E-state index is 0.103. The van der Waals surface area contributed by atoms with Gasteiger partial charge < -0.3 is 5.11 Å². The first-order valence-corrected chi connectivity index (χ1v) is 9.25. The Kier molecular flexibility index (Phi) is 4.63. The molecule has 2 atom stereocenters. The number of benzene rings is 1. The van der Waals surface area contributed by atoms with Crippen molar-refractivity contribution in [1.29, 1.82) is 0 Å². The molecule has 0 unspecified atom stereocenters. The number of alkyl halides is 3. The van der Waals surface area contributed by atoms with Crippen molar-refractivity contribution in [1.82, 2.24) is 9.21 Å². The molecule has 2 saturated heterocycles. The van der Waals surface area contributed by atoms with E-state index in [1.165, 1.54) is 12.1 Å². The summed E-state index contributed by atoms with van der Waals surface area (Å²) in [5, 5.41) is 9.73. The summed E-state index contributed by atoms with van der Waals surface area (Å²) in [5.74, 6) is 0. The van der Waals surface area contributed by atoms with E-state index in [1.54, 1.807) is 4.90 Å². The average molecular weight is 364 g/mol. The average Bonchev–Trinajstić information content (AvgIpc) is 2.49. The molecular formula is C15H19F3N2O3S. The van der Waals surface area contributed by atoms with Gasteiger partial charge in [-0.15, -0.1) is 0 Å². The number of nitrogens with zero attached hydrogens (tertiary/aromatic N) is 2. The number of hydrogen-bond acceptors (Lipinski definition) is 4. The SMILES string of the molecule is O=S(=O)(c1ccccc1C(F)(F)F)N1CCCCN2[C@H](C[C@H]2O)C1. The summed E-state index contributed by atoms with van der Waals surface area (Å²) in [7, 11) is -4.25. The van der Waals surface area contributed by atoms with E-state index in [2.05, 4.69) is 0 Å². The number of hydrogen-bond donors (Lipinski definition) is 1. The van der Waals surface area contributed by atoms with E-state index in [-0.39, 0.29) is 19.1 Å². The summed E-state index contributed by atoms with van der Waals surface area (Å²) in [5.41, 5.74) is -1.14. The molecule has 2 aliphatic heterocycles. The van der Waals surface area contributed by atoms with E-state index in [0.717, 1.165) is 16.4 Å². The van der Waals surface area contributed by atoms with Gasteiger partial charge in [0, 0.05) is 32.1 Å². The lowest BCUT2D eigenvalue weighted by molar-refractivity contribution is -0.140. The molecule has 0 aromatic heterocycles. The number of halogens is 3. The van der Waals surface area contributed by atoms with Crippen molar-refractivity contribution >= 4 is 10.0 Å². The van der Waals surface area contributed by atoms with Crippen molar-refractivity contribution in [2.45, 2.75) is 42.6 Å². The van der Waals surface area contributed by atoms with Gasteiger partial charge in [0.1, 0.15) is 6.23 Å². The first-order chi connectivity index (χ1) is 11.2. The van der Waals surface area contributed by atoms with E-state index in [0.29, 0.717) is 25.8 Å². The van der Waals surface area contributed by atoms with Gasteiger partial charge >= 0.3 is 6.18 Å². The van der Waals surface area contributed by atoms with Crippen LogP contribution in [0.25, 0.3) is 0 Å². The lowest BCUT2D eigenvalue weighted by Crippen LogP contribution is -2.61. The summed E-state index contributed by atoms with van der Waals surface area (Å²) < 4.78 is 66.3. The molecule has 2 fully saturated rings. The van der Waals surface area contributed by atoms with Gasteiger partial charge in [-0.05, 0) is 25.0 Å². The number of fused-ring (bicyclic) bond motifs is 1. The fraction of sp³-hybridized carbons (Fsp3) is 0.600. The Morgan fingerprint density at radius 2 is 1.79 bits per heavy atom. The Balaban J connectivity index is 1.93. The van der Waals surface area contributed by atoms with E-state index >= 15 is 0 Å². The Bertz CT molecular complexity index is 708. The Labute approximate surface area is 138 Å². The first kappa shape index (κ1) is 17.7. The molecule has 5 nitrogen and oxygen atoms in total. The molecule has 2 aliphatic rings. The Morgan fingerprint density at radius 3 is 2.46 bits per heavy atom. The predicted molar refractivity (Wildman–Crippen MR) is 80.6 cm³/mol. The van der Waals surface area contributed by atoms with Crippen LogP contribution in [0, 0.1) is 0 Å². The van der Waals surface area contributed by atoms with Crippen LogP contribution in [-0.4, -0.2) is 54.6 Å². The van der Waals surface area contributed by atoms with Gasteiger partial charge in [0.15, 0.2) is 0 Å². The molecule has 0 amide bonds. The highest BCUT2D eigenvalue weighted by Gasteiger charge is 2.43. The van der Waals surface area contributed by atoms with Crippen LogP contribution < -0.4 is 0 Å². The standard InChI is InChI=1S/C15H19F3N2O3S/c16-15(17,18)12-5-1-2-6-13(12)24(22,23)19-7-3-4-8-20-11(10-19)9-14(20)21/h1-2,5-6,11,14,21H,3-4,7-10H2/t11-,14-/m1/s1. The maximum absolute atomic E-state index is 13.2. The van der Waals surface area contributed by atoms with Crippen molar-refractivity contribution in [2.24, 2.45) is 0 Å². The van der Waals surface area contributed by atoms with Gasteiger partial charge in [0.05, 0.1) is 10.5 Å². The normalized spacial score (nSPS) is 27.0. The topological polar surface area (TPSA) is 60.9 Å². The monoisotopic (exact) mass is 364 g/mol. The fourth-order valence-electron chi connectivity index (χ4n) is 3.32. The minimum Gasteiger partial charge on any atom is -0.378 e. The molecule has 9 heteroatoms. The second-order valence-electron chi connectivity index (χ2n) is 6.17. The maximum atomic E-state index is 13.2. The lowest BCUT2D eigenvalue weighted by atomic mass is 9.98. The van der Waals surface area contributed by atoms with Crippen LogP contribution in [0.15, 0.2) is 29.2 Å². The third kappa shape index (κ3) is 3.17. The molecule has 0 saturated carbocycles. The predicted octanol–water partition coefficient (Wildman–Crippen LogP) is 1.88. The summed E-state index contributed by atoms with van der Waals surface area (Å²) in [4.78, 5) is 1.10. The molecule has 0 radical (unpaired) electrons. The number of aliphatic hydroxyl groups is 1. The summed E-state index contributed by atoms with van der Waals surface area (Å²) in [6.45, 7) is 0.972. The Morgan fingerprint density at radius 1 is 1.12 bits per heavy atom. The van der Waals surface area contributed by atoms with Gasteiger partial charge in [0.25, 0.3) is 0 Å². The number of aliphatic hydroxyl groups excluding tert-OH is 1. The number of sulfonamides is 1. The van der Waals surface area contributed by atoms with E-state index < -0.39 is 32.9 Å². The highest BCUT2D eigenvalue weighted by atomic mass is 32.2. The Hall–Kier alpha value is -1.16. The fourth-order valence-corrected chi connectivity index (χ4v) is 5.05. The van der Waals surface area contributed by atoms with E-state index in [1.807, 2.05) is 0 Å². The summed E-state index contributed by atoms with van der Waals surface area (Å²) >= 11 is 0. The zero-order valence-electron chi connectivity index (χ0n) is 12.9. The number of rotatable bonds is 2. The quantitative estimate of drug-likeness (QED) is 0.871. The maximum Gasteiger partial charge on any atom is 0.417 e. The van der Waals surface area contributed by atoms with E-state index in [4.69, 9.17) is 0 Å². The molecular weight excluding hydrogens is 345 g/mol. The molecule has 1 N–H and O–H groups in total. The van der Waals surface area contributed by atoms with Crippen molar-refractivity contribution in [3.8, 4) is 0 Å². The second-order valence-corrected chi connectivity index (χ2v) is 8.08. The minimum atomic E-state index is -4.73. The summed E-state index contributed by atoms with van der Waals surface area (Å²) in [6.07, 6.45) is -3.64. The van der Waals surface area contributed by atoms with Gasteiger partial charge in [-0.2, -0.15) is 17.5 Å². The smallest absolute Gasteiger partial charge is 0.378 e. The highest BCUT2D eigenvalue weighted by Crippen LogP contribution is 2.36. The van der Waals surface area contributed by atoms with Crippen LogP contribution >= 0.6 is 0 Å². The van der Waals surface area contributed by atoms with Gasteiger partial charge in [-0.3, -0.25) is 4.90 Å². The van der Waals surface area contributed by atoms with Gasteiger partial charge in [-0.25, -0.2) is 8.42 Å². The van der Waals surface area contributed by atoms with Crippen LogP contribution in [0.1, 0.15) is 24.8 Å². The molecule has 1 aromatic carbocycles. The summed E-state index contributed by atoms with van der Waals surface area (Å²) in [6, 6.07) is 4.12. The highest BCUT2D eigenvalue weighted by molar-refractivity contribution is 7.89. The van der Waals surface area contributed by atoms with Crippen molar-refractivity contribution in [3.63, 3.8) is 0 Å². The zero-order chi connectivity index (χ0) is 17.5. The molecule has 0 aliphatic carbocycles. The molecule has 0 bridgehead atoms. The molecule has 2 heterocycles. The van der Waals surface area contributed by atoms with Crippen LogP contribution in [0.2, 0.25) is 0 Å². The van der Waals surface area contributed by atoms with Crippen LogP contribution in [0.3, 0.4) is 0 Å². The lowest BCUT2D eigenvalue weighted by Gasteiger charge is -2.48. The molecule has 1 aromatic rings. The van der Waals surface area contributed by atoms with Gasteiger partial charge in [-0.1, -0.05) is 12.1 Å². The second kappa shape index (κ2) is 6.29. The molecule has 134 valence electrons. The van der Waals surface area contributed by atoms with Crippen molar-refractivity contribution in [2.75, 3.05) is 19.6 Å². The van der Waals surface area contributed by atoms with Crippen molar-refractivity contribution in [3.05, 3.63) is 29.8 Å². The first-order valence-electron chi connectivity index (χ1n) is 7.81. The largest absolute Gasteiger partial charge is 0.417 e. The third-order valence-corrected chi connectivity index (χ3v) is 6.56. The van der Waals surface area contributed by atoms with Crippen LogP contribution in [0.5, 0.6) is 0 Å². The molecule has 3 rings (SSSR count). The van der Waals surface area contributed by atoms with Crippen LogP contribution in [-0.2, 0) is 16.2 Å². The van der Waals surface area contributed by atoms with Crippen molar-refractivity contribution < 1.29 is 26.7 Å². The molecule has 0 spiro atoms. The van der Waals surface area contributed by atoms with E-state index in [9.17, 15) is 26.7 Å². The van der Waals surface area contributed by atoms with Crippen LogP contribution in [0.4, 0.5) is 13.2 Å². The zero-order valence-corrected chi connectivity index (χ0v) is 13.7.